The standard InChI is InChI=1S/C10H8ClN3/c11-6-1-2-7-5(3-6)4-8-9(7)14-10(12)13-8/h1-3H,4H2,(H3,12,13,14). The smallest absolute Gasteiger partial charge is 0.198 e. The van der Waals surface area contributed by atoms with Gasteiger partial charge in [0.05, 0.1) is 5.69 Å². The Bertz CT molecular complexity index is 516. The summed E-state index contributed by atoms with van der Waals surface area (Å²) in [4.78, 5) is 7.29. The Morgan fingerprint density at radius 3 is 3.14 bits per heavy atom. The first-order valence-electron chi connectivity index (χ1n) is 4.37. The number of hydrogen-bond donors (Lipinski definition) is 2. The van der Waals surface area contributed by atoms with Crippen molar-refractivity contribution in [2.24, 2.45) is 0 Å². The molecule has 70 valence electrons. The van der Waals surface area contributed by atoms with Gasteiger partial charge in [0.2, 0.25) is 0 Å². The first kappa shape index (κ1) is 7.88. The number of nitrogen functional groups attached to an aromatic ring is 1. The van der Waals surface area contributed by atoms with Crippen LogP contribution < -0.4 is 5.73 Å². The minimum atomic E-state index is 0.482. The molecule has 0 bridgehead atoms. The molecule has 1 heterocycles. The lowest BCUT2D eigenvalue weighted by molar-refractivity contribution is 1.15. The summed E-state index contributed by atoms with van der Waals surface area (Å²) < 4.78 is 0. The third-order valence-corrected chi connectivity index (χ3v) is 2.72. The number of aromatic amines is 1. The second-order valence-electron chi connectivity index (χ2n) is 3.43. The second kappa shape index (κ2) is 2.51. The Morgan fingerprint density at radius 2 is 2.29 bits per heavy atom. The number of anilines is 1. The number of nitrogens with one attached hydrogen (secondary N) is 1. The highest BCUT2D eigenvalue weighted by atomic mass is 35.5. The molecule has 1 aromatic carbocycles. The van der Waals surface area contributed by atoms with Gasteiger partial charge < -0.3 is 10.7 Å². The first-order valence-corrected chi connectivity index (χ1v) is 4.75. The normalized spacial score (nSPS) is 12.6. The van der Waals surface area contributed by atoms with E-state index in [1.807, 2.05) is 18.2 Å². The monoisotopic (exact) mass is 205 g/mol. The highest BCUT2D eigenvalue weighted by molar-refractivity contribution is 6.30. The predicted octanol–water partition coefficient (Wildman–Crippen LogP) is 2.22. The number of imidazole rings is 1. The van der Waals surface area contributed by atoms with E-state index in [0.29, 0.717) is 5.95 Å². The van der Waals surface area contributed by atoms with Gasteiger partial charge in [0.15, 0.2) is 5.95 Å². The second-order valence-corrected chi connectivity index (χ2v) is 3.86. The van der Waals surface area contributed by atoms with Crippen molar-refractivity contribution in [1.29, 1.82) is 0 Å². The Labute approximate surface area is 85.9 Å². The van der Waals surface area contributed by atoms with Crippen molar-refractivity contribution in [3.05, 3.63) is 34.5 Å². The Morgan fingerprint density at radius 1 is 1.43 bits per heavy atom. The molecule has 3 rings (SSSR count). The molecule has 1 aromatic heterocycles. The number of hydrogen-bond acceptors (Lipinski definition) is 2. The van der Waals surface area contributed by atoms with Crippen LogP contribution in [0.25, 0.3) is 11.3 Å². The zero-order valence-electron chi connectivity index (χ0n) is 7.34. The van der Waals surface area contributed by atoms with Gasteiger partial charge in [-0.3, -0.25) is 0 Å². The highest BCUT2D eigenvalue weighted by Crippen LogP contribution is 2.36. The SMILES string of the molecule is Nc1nc2c([nH]1)Cc1cc(Cl)ccc1-2. The fraction of sp³-hybridized carbons (Fsp3) is 0.100. The minimum Gasteiger partial charge on any atom is -0.369 e. The van der Waals surface area contributed by atoms with Crippen molar-refractivity contribution >= 4 is 17.5 Å². The van der Waals surface area contributed by atoms with E-state index in [2.05, 4.69) is 9.97 Å². The third-order valence-electron chi connectivity index (χ3n) is 2.49. The average molecular weight is 206 g/mol. The molecule has 4 heteroatoms. The molecule has 0 atom stereocenters. The molecular weight excluding hydrogens is 198 g/mol. The van der Waals surface area contributed by atoms with Crippen LogP contribution in [0.5, 0.6) is 0 Å². The van der Waals surface area contributed by atoms with Gasteiger partial charge in [0, 0.05) is 22.7 Å². The largest absolute Gasteiger partial charge is 0.369 e. The molecule has 0 spiro atoms. The van der Waals surface area contributed by atoms with Gasteiger partial charge in [-0.1, -0.05) is 17.7 Å². The van der Waals surface area contributed by atoms with Crippen LogP contribution in [0.3, 0.4) is 0 Å². The molecule has 0 saturated heterocycles. The lowest BCUT2D eigenvalue weighted by atomic mass is 10.1. The van der Waals surface area contributed by atoms with Crippen LogP contribution in [0.15, 0.2) is 18.2 Å². The van der Waals surface area contributed by atoms with Gasteiger partial charge in [0.25, 0.3) is 0 Å². The molecule has 1 aliphatic rings. The average Bonchev–Trinajstić information content (AvgIpc) is 2.59. The third kappa shape index (κ3) is 0.960. The summed E-state index contributed by atoms with van der Waals surface area (Å²) >= 11 is 5.91. The Hall–Kier alpha value is -1.48. The molecule has 3 nitrogen and oxygen atoms in total. The van der Waals surface area contributed by atoms with Gasteiger partial charge in [-0.2, -0.15) is 0 Å². The number of rotatable bonds is 0. The topological polar surface area (TPSA) is 54.7 Å². The maximum absolute atomic E-state index is 5.91. The molecule has 1 aliphatic carbocycles. The minimum absolute atomic E-state index is 0.482. The quantitative estimate of drug-likeness (QED) is 0.591. The molecule has 0 unspecified atom stereocenters. The fourth-order valence-corrected chi connectivity index (χ4v) is 2.11. The van der Waals surface area contributed by atoms with E-state index in [4.69, 9.17) is 17.3 Å². The van der Waals surface area contributed by atoms with E-state index >= 15 is 0 Å². The lowest BCUT2D eigenvalue weighted by Crippen LogP contribution is -1.89. The van der Waals surface area contributed by atoms with Gasteiger partial charge in [-0.05, 0) is 17.7 Å². The van der Waals surface area contributed by atoms with Gasteiger partial charge in [-0.15, -0.1) is 0 Å². The van der Waals surface area contributed by atoms with Crippen molar-refractivity contribution in [3.63, 3.8) is 0 Å². The summed E-state index contributed by atoms with van der Waals surface area (Å²) in [5.41, 5.74) is 9.98. The van der Waals surface area contributed by atoms with E-state index in [0.717, 1.165) is 28.4 Å². The van der Waals surface area contributed by atoms with Crippen molar-refractivity contribution in [2.45, 2.75) is 6.42 Å². The van der Waals surface area contributed by atoms with Crippen molar-refractivity contribution < 1.29 is 0 Å². The zero-order chi connectivity index (χ0) is 9.71. The highest BCUT2D eigenvalue weighted by Gasteiger charge is 2.21. The summed E-state index contributed by atoms with van der Waals surface area (Å²) in [6, 6.07) is 5.84. The van der Waals surface area contributed by atoms with Crippen molar-refractivity contribution in [1.82, 2.24) is 9.97 Å². The molecule has 3 N–H and O–H groups in total. The summed E-state index contributed by atoms with van der Waals surface area (Å²) in [7, 11) is 0. The van der Waals surface area contributed by atoms with E-state index < -0.39 is 0 Å². The number of halogens is 1. The van der Waals surface area contributed by atoms with Crippen molar-refractivity contribution in [2.75, 3.05) is 5.73 Å². The first-order chi connectivity index (χ1) is 6.74. The fourth-order valence-electron chi connectivity index (χ4n) is 1.91. The molecule has 0 saturated carbocycles. The number of fused-ring (bicyclic) bond motifs is 3. The summed E-state index contributed by atoms with van der Waals surface area (Å²) in [5, 5.41) is 0.766. The Balaban J connectivity index is 2.25. The number of nitrogens with two attached hydrogens (primary N) is 1. The van der Waals surface area contributed by atoms with Gasteiger partial charge in [-0.25, -0.2) is 4.98 Å². The van der Waals surface area contributed by atoms with E-state index in [1.54, 1.807) is 0 Å². The maximum atomic E-state index is 5.91. The van der Waals surface area contributed by atoms with E-state index in [9.17, 15) is 0 Å². The molecule has 2 aromatic rings. The molecule has 0 radical (unpaired) electrons. The molecule has 0 fully saturated rings. The molecule has 14 heavy (non-hydrogen) atoms. The molecular formula is C10H8ClN3. The van der Waals surface area contributed by atoms with Crippen LogP contribution in [0.2, 0.25) is 5.02 Å². The molecule has 0 aliphatic heterocycles. The van der Waals surface area contributed by atoms with Gasteiger partial charge >= 0.3 is 0 Å². The van der Waals surface area contributed by atoms with Crippen LogP contribution in [0.1, 0.15) is 11.3 Å². The van der Waals surface area contributed by atoms with Gasteiger partial charge in [0.1, 0.15) is 0 Å². The number of nitrogens with zero attached hydrogens (tertiary/aromatic N) is 1. The zero-order valence-corrected chi connectivity index (χ0v) is 8.10. The number of H-pyrrole nitrogens is 1. The predicted molar refractivity (Wildman–Crippen MR) is 56.3 cm³/mol. The summed E-state index contributed by atoms with van der Waals surface area (Å²) in [6.07, 6.45) is 0.843. The van der Waals surface area contributed by atoms with E-state index in [1.165, 1.54) is 5.56 Å². The van der Waals surface area contributed by atoms with Crippen molar-refractivity contribution in [3.8, 4) is 11.3 Å². The maximum Gasteiger partial charge on any atom is 0.198 e. The van der Waals surface area contributed by atoms with Crippen LogP contribution in [0.4, 0.5) is 5.95 Å². The summed E-state index contributed by atoms with van der Waals surface area (Å²) in [5.74, 6) is 0.482. The lowest BCUT2D eigenvalue weighted by Gasteiger charge is -1.98. The van der Waals surface area contributed by atoms with E-state index in [-0.39, 0.29) is 0 Å². The van der Waals surface area contributed by atoms with Crippen LogP contribution in [0, 0.1) is 0 Å². The molecule has 0 amide bonds. The number of benzene rings is 1. The van der Waals surface area contributed by atoms with Crippen LogP contribution >= 0.6 is 11.6 Å². The van der Waals surface area contributed by atoms with Crippen LogP contribution in [-0.4, -0.2) is 9.97 Å². The summed E-state index contributed by atoms with van der Waals surface area (Å²) in [6.45, 7) is 0. The number of aromatic nitrogens is 2. The Kier molecular flexibility index (Phi) is 1.42. The van der Waals surface area contributed by atoms with Crippen LogP contribution in [-0.2, 0) is 6.42 Å².